The number of hydrogen-bond donors (Lipinski definition) is 1. The molecule has 1 unspecified atom stereocenters. The van der Waals surface area contributed by atoms with Crippen LogP contribution in [0.25, 0.3) is 0 Å². The number of rotatable bonds is 7. The first kappa shape index (κ1) is 31.2. The molecule has 0 saturated heterocycles. The van der Waals surface area contributed by atoms with E-state index >= 15 is 4.39 Å². The number of methoxy groups -OCH3 is 1. The molecule has 1 heterocycles. The molecule has 0 bridgehead atoms. The fourth-order valence-corrected chi connectivity index (χ4v) is 5.08. The maximum atomic E-state index is 15.2. The Morgan fingerprint density at radius 2 is 1.82 bits per heavy atom. The van der Waals surface area contributed by atoms with E-state index in [1.54, 1.807) is 55.5 Å². The molecule has 40 heavy (non-hydrogen) atoms. The zero-order valence-corrected chi connectivity index (χ0v) is 23.6. The number of alkyl halides is 3. The summed E-state index contributed by atoms with van der Waals surface area (Å²) in [7, 11) is 1.49. The van der Waals surface area contributed by atoms with Gasteiger partial charge in [0.2, 0.25) is 5.90 Å². The summed E-state index contributed by atoms with van der Waals surface area (Å²) in [5, 5.41) is 17.6. The summed E-state index contributed by atoms with van der Waals surface area (Å²) >= 11 is 5.94. The zero-order chi connectivity index (χ0) is 28.4. The fraction of sp³-hybridized carbons (Fsp3) is 0.241. The van der Waals surface area contributed by atoms with Gasteiger partial charge in [-0.05, 0) is 74.4 Å². The topological polar surface area (TPSA) is 57.4 Å². The molecule has 1 aliphatic rings. The first-order valence-corrected chi connectivity index (χ1v) is 12.4. The number of ether oxygens (including phenoxy) is 1. The van der Waals surface area contributed by atoms with Gasteiger partial charge in [0.1, 0.15) is 11.6 Å². The Morgan fingerprint density at radius 1 is 1.12 bits per heavy atom. The molecule has 1 N–H and O–H groups in total. The van der Waals surface area contributed by atoms with Crippen molar-refractivity contribution in [1.82, 2.24) is 0 Å². The molecular weight excluding hydrogens is 593 g/mol. The fourth-order valence-electron chi connectivity index (χ4n) is 4.91. The Hall–Kier alpha value is -3.34. The molecule has 0 fully saturated rings. The Kier molecular flexibility index (Phi) is 9.71. The molecule has 0 saturated carbocycles. The van der Waals surface area contributed by atoms with Gasteiger partial charge in [-0.1, -0.05) is 29.8 Å². The van der Waals surface area contributed by atoms with Crippen LogP contribution in [0, 0.1) is 5.82 Å². The first-order valence-electron chi connectivity index (χ1n) is 12.1. The van der Waals surface area contributed by atoms with Gasteiger partial charge in [-0.2, -0.15) is 18.3 Å². The van der Waals surface area contributed by atoms with Gasteiger partial charge in [-0.25, -0.2) is 4.39 Å². The molecule has 4 rings (SSSR count). The van der Waals surface area contributed by atoms with Gasteiger partial charge in [-0.15, -0.1) is 5.10 Å². The monoisotopic (exact) mass is 618 g/mol. The maximum Gasteiger partial charge on any atom is 0.416 e. The van der Waals surface area contributed by atoms with E-state index in [4.69, 9.17) is 16.3 Å². The zero-order valence-electron chi connectivity index (χ0n) is 21.8. The van der Waals surface area contributed by atoms with Gasteiger partial charge >= 0.3 is 6.18 Å². The minimum absolute atomic E-state index is 0. The van der Waals surface area contributed by atoms with E-state index in [-0.39, 0.29) is 29.1 Å². The Labute approximate surface area is 245 Å². The number of aliphatic hydroxyl groups is 1. The van der Waals surface area contributed by atoms with Crippen molar-refractivity contribution >= 4 is 29.4 Å². The molecule has 11 heteroatoms. The van der Waals surface area contributed by atoms with Gasteiger partial charge in [0.25, 0.3) is 0 Å². The van der Waals surface area contributed by atoms with Crippen LogP contribution in [0.1, 0.15) is 36.1 Å². The number of likely N-dealkylation sites (N-methyl/N-ethyl adjacent to an activating group) is 1. The van der Waals surface area contributed by atoms with E-state index in [2.05, 4.69) is 10.2 Å². The number of allylic oxidation sites excluding steroid dienone is 2. The molecular formula is C29H26ClCoF4N3O2. The molecule has 0 aromatic heterocycles. The van der Waals surface area contributed by atoms with Gasteiger partial charge in [0, 0.05) is 51.2 Å². The van der Waals surface area contributed by atoms with E-state index in [0.717, 1.165) is 17.8 Å². The van der Waals surface area contributed by atoms with E-state index < -0.39 is 33.6 Å². The van der Waals surface area contributed by atoms with Gasteiger partial charge in [0.15, 0.2) is 0 Å². The minimum Gasteiger partial charge on any atom is -0.497 e. The number of hydrogen-bond acceptors (Lipinski definition) is 4. The summed E-state index contributed by atoms with van der Waals surface area (Å²) in [6.07, 6.45) is -2.18. The van der Waals surface area contributed by atoms with Crippen molar-refractivity contribution in [2.75, 3.05) is 18.6 Å². The second-order valence-corrected chi connectivity index (χ2v) is 9.53. The smallest absolute Gasteiger partial charge is 0.416 e. The van der Waals surface area contributed by atoms with Crippen LogP contribution >= 0.6 is 11.6 Å². The van der Waals surface area contributed by atoms with Crippen LogP contribution in [0.5, 0.6) is 5.75 Å². The quantitative estimate of drug-likeness (QED) is 0.128. The third-order valence-corrected chi connectivity index (χ3v) is 7.07. The van der Waals surface area contributed by atoms with E-state index in [0.29, 0.717) is 29.1 Å². The first-order chi connectivity index (χ1) is 18.5. The van der Waals surface area contributed by atoms with Gasteiger partial charge in [-0.3, -0.25) is 0 Å². The number of fused-ring (bicyclic) bond motifs is 1. The molecule has 0 amide bonds. The number of aliphatic hydroxyl groups excluding tert-OH is 1. The van der Waals surface area contributed by atoms with Crippen molar-refractivity contribution in [3.8, 4) is 5.75 Å². The summed E-state index contributed by atoms with van der Waals surface area (Å²) in [5.41, 5.74) is -0.318. The van der Waals surface area contributed by atoms with Crippen LogP contribution in [-0.4, -0.2) is 30.9 Å². The standard InChI is InChI=1S/C29H26ClF4N3O2.Co/c1-4-37-24-13-10-19(39-3)16-22(24)28(2,17-20-21(29(32,33)34)11-12-23(30)26(20)31)25(37)14-15-35-36-27(38)18-8-6-5-7-9-18;/h5-16H,4,17H2,1-3H3,(H,36,38);/b25-14-,35-15+;. The van der Waals surface area contributed by atoms with Crippen LogP contribution in [-0.2, 0) is 34.8 Å². The van der Waals surface area contributed by atoms with Crippen molar-refractivity contribution in [3.63, 3.8) is 0 Å². The summed E-state index contributed by atoms with van der Waals surface area (Å²) in [6.45, 7) is 4.11. The van der Waals surface area contributed by atoms with Gasteiger partial charge < -0.3 is 14.7 Å². The Bertz CT molecular complexity index is 1460. The van der Waals surface area contributed by atoms with Crippen LogP contribution in [0.4, 0.5) is 23.2 Å². The Balaban J connectivity index is 0.00000441. The normalized spacial score (nSPS) is 18.2. The summed E-state index contributed by atoms with van der Waals surface area (Å²) in [4.78, 5) is 1.91. The second-order valence-electron chi connectivity index (χ2n) is 9.13. The molecule has 5 nitrogen and oxygen atoms in total. The molecule has 1 atom stereocenters. The SMILES string of the molecule is CCN1\C(=C/C=N/N=C(\O)c2ccccc2)C(C)(Cc2c(C(F)(F)F)ccc(Cl)c2F)c2cc(OC)ccc21.[Co]. The minimum atomic E-state index is -4.79. The number of anilines is 1. The second kappa shape index (κ2) is 12.4. The van der Waals surface area contributed by atoms with E-state index in [1.165, 1.54) is 13.3 Å². The van der Waals surface area contributed by atoms with Crippen LogP contribution in [0.15, 0.2) is 82.6 Å². The molecule has 3 aromatic carbocycles. The summed E-state index contributed by atoms with van der Waals surface area (Å²) in [6, 6.07) is 15.6. The van der Waals surface area contributed by atoms with Gasteiger partial charge in [0.05, 0.1) is 23.9 Å². The predicted octanol–water partition coefficient (Wildman–Crippen LogP) is 7.72. The summed E-state index contributed by atoms with van der Waals surface area (Å²) in [5.74, 6) is -0.904. The average molecular weight is 619 g/mol. The molecule has 213 valence electrons. The molecule has 1 radical (unpaired) electrons. The summed E-state index contributed by atoms with van der Waals surface area (Å²) < 4.78 is 62.5. The van der Waals surface area contributed by atoms with Crippen LogP contribution < -0.4 is 9.64 Å². The van der Waals surface area contributed by atoms with Crippen molar-refractivity contribution in [2.24, 2.45) is 10.2 Å². The largest absolute Gasteiger partial charge is 0.497 e. The average Bonchev–Trinajstić information content (AvgIpc) is 3.15. The molecule has 1 aliphatic heterocycles. The predicted molar refractivity (Wildman–Crippen MR) is 146 cm³/mol. The Morgan fingerprint density at radius 3 is 2.45 bits per heavy atom. The number of nitrogens with zero attached hydrogens (tertiary/aromatic N) is 3. The van der Waals surface area contributed by atoms with Crippen molar-refractivity contribution in [1.29, 1.82) is 0 Å². The third-order valence-electron chi connectivity index (χ3n) is 6.78. The number of benzene rings is 3. The molecule has 0 aliphatic carbocycles. The van der Waals surface area contributed by atoms with Crippen molar-refractivity contribution < 1.29 is 44.2 Å². The van der Waals surface area contributed by atoms with Crippen molar-refractivity contribution in [2.45, 2.75) is 31.9 Å². The van der Waals surface area contributed by atoms with Crippen molar-refractivity contribution in [3.05, 3.63) is 106 Å². The van der Waals surface area contributed by atoms with Crippen LogP contribution in [0.3, 0.4) is 0 Å². The van der Waals surface area contributed by atoms with Crippen LogP contribution in [0.2, 0.25) is 5.02 Å². The molecule has 0 spiro atoms. The maximum absolute atomic E-state index is 15.2. The van der Waals surface area contributed by atoms with E-state index in [9.17, 15) is 18.3 Å². The molecule has 3 aromatic rings. The third kappa shape index (κ3) is 6.03. The number of halogens is 5. The van der Waals surface area contributed by atoms with E-state index in [1.807, 2.05) is 17.9 Å².